The van der Waals surface area contributed by atoms with Gasteiger partial charge in [0.05, 0.1) is 0 Å². The van der Waals surface area contributed by atoms with Crippen molar-refractivity contribution in [1.82, 2.24) is 4.98 Å². The molecule has 1 aliphatic carbocycles. The summed E-state index contributed by atoms with van der Waals surface area (Å²) in [4.78, 5) is 6.95. The van der Waals surface area contributed by atoms with Gasteiger partial charge >= 0.3 is 0 Å². The van der Waals surface area contributed by atoms with Gasteiger partial charge in [-0.3, -0.25) is 0 Å². The van der Waals surface area contributed by atoms with E-state index in [1.807, 2.05) is 13.1 Å². The van der Waals surface area contributed by atoms with E-state index >= 15 is 0 Å². The van der Waals surface area contributed by atoms with Crippen molar-refractivity contribution in [3.8, 4) is 0 Å². The van der Waals surface area contributed by atoms with Crippen LogP contribution in [0.3, 0.4) is 0 Å². The molecule has 0 saturated heterocycles. The third-order valence-corrected chi connectivity index (χ3v) is 3.04. The van der Waals surface area contributed by atoms with Gasteiger partial charge in [-0.05, 0) is 37.8 Å². The van der Waals surface area contributed by atoms with Crippen molar-refractivity contribution in [2.24, 2.45) is 5.73 Å². The van der Waals surface area contributed by atoms with E-state index in [4.69, 9.17) is 5.73 Å². The molecule has 2 rings (SSSR count). The van der Waals surface area contributed by atoms with Crippen LogP contribution in [0.5, 0.6) is 0 Å². The first kappa shape index (κ1) is 11.4. The predicted octanol–water partition coefficient (Wildman–Crippen LogP) is 2.48. The zero-order valence-corrected chi connectivity index (χ0v) is 10.2. The summed E-state index contributed by atoms with van der Waals surface area (Å²) >= 11 is 0. The van der Waals surface area contributed by atoms with Gasteiger partial charge in [0.15, 0.2) is 0 Å². The van der Waals surface area contributed by atoms with Crippen LogP contribution in [0.1, 0.15) is 44.7 Å². The van der Waals surface area contributed by atoms with Crippen LogP contribution in [0, 0.1) is 0 Å². The Hall–Kier alpha value is -1.09. The summed E-state index contributed by atoms with van der Waals surface area (Å²) in [7, 11) is 0. The van der Waals surface area contributed by atoms with E-state index in [0.717, 1.165) is 24.0 Å². The van der Waals surface area contributed by atoms with Crippen LogP contribution in [0.15, 0.2) is 18.3 Å². The molecular weight excluding hydrogens is 198 g/mol. The highest BCUT2D eigenvalue weighted by Gasteiger charge is 2.29. The summed E-state index contributed by atoms with van der Waals surface area (Å²) < 4.78 is 0. The molecule has 1 atom stereocenters. The fraction of sp³-hybridized carbons (Fsp3) is 0.615. The number of hydrogen-bond donors (Lipinski definition) is 1. The molecule has 0 unspecified atom stereocenters. The van der Waals surface area contributed by atoms with Gasteiger partial charge in [-0.1, -0.05) is 13.0 Å². The third kappa shape index (κ3) is 2.53. The zero-order chi connectivity index (χ0) is 11.5. The SMILES string of the molecule is CCCN(c1ccc([C@H](C)N)cn1)C1CC1. The van der Waals surface area contributed by atoms with Gasteiger partial charge < -0.3 is 10.6 Å². The molecule has 1 heterocycles. The van der Waals surface area contributed by atoms with Crippen LogP contribution >= 0.6 is 0 Å². The molecule has 0 aliphatic heterocycles. The second kappa shape index (κ2) is 4.83. The highest BCUT2D eigenvalue weighted by molar-refractivity contribution is 5.42. The average molecular weight is 219 g/mol. The fourth-order valence-electron chi connectivity index (χ4n) is 1.95. The van der Waals surface area contributed by atoms with Crippen molar-refractivity contribution in [1.29, 1.82) is 0 Å². The van der Waals surface area contributed by atoms with Crippen molar-refractivity contribution >= 4 is 5.82 Å². The van der Waals surface area contributed by atoms with Crippen molar-refractivity contribution in [2.45, 2.75) is 45.2 Å². The van der Waals surface area contributed by atoms with Crippen LogP contribution in [-0.4, -0.2) is 17.6 Å². The number of pyridine rings is 1. The number of aromatic nitrogens is 1. The van der Waals surface area contributed by atoms with Gasteiger partial charge in [-0.15, -0.1) is 0 Å². The average Bonchev–Trinajstić information content (AvgIpc) is 3.10. The lowest BCUT2D eigenvalue weighted by Crippen LogP contribution is -2.27. The molecule has 1 saturated carbocycles. The Kier molecular flexibility index (Phi) is 3.44. The van der Waals surface area contributed by atoms with E-state index in [0.29, 0.717) is 0 Å². The highest BCUT2D eigenvalue weighted by atomic mass is 15.2. The van der Waals surface area contributed by atoms with Gasteiger partial charge in [0.1, 0.15) is 5.82 Å². The lowest BCUT2D eigenvalue weighted by Gasteiger charge is -2.23. The molecule has 1 aromatic rings. The molecule has 0 bridgehead atoms. The Morgan fingerprint density at radius 1 is 1.50 bits per heavy atom. The Balaban J connectivity index is 2.11. The minimum Gasteiger partial charge on any atom is -0.354 e. The molecule has 16 heavy (non-hydrogen) atoms. The number of nitrogens with two attached hydrogens (primary N) is 1. The van der Waals surface area contributed by atoms with E-state index in [9.17, 15) is 0 Å². The van der Waals surface area contributed by atoms with Crippen LogP contribution in [-0.2, 0) is 0 Å². The summed E-state index contributed by atoms with van der Waals surface area (Å²) in [6.07, 6.45) is 5.71. The maximum atomic E-state index is 5.82. The number of rotatable bonds is 5. The zero-order valence-electron chi connectivity index (χ0n) is 10.2. The van der Waals surface area contributed by atoms with Gasteiger partial charge in [-0.2, -0.15) is 0 Å². The van der Waals surface area contributed by atoms with Crippen molar-refractivity contribution < 1.29 is 0 Å². The first-order valence-electron chi connectivity index (χ1n) is 6.20. The van der Waals surface area contributed by atoms with Crippen molar-refractivity contribution in [3.63, 3.8) is 0 Å². The van der Waals surface area contributed by atoms with Crippen LogP contribution < -0.4 is 10.6 Å². The topological polar surface area (TPSA) is 42.1 Å². The molecule has 0 amide bonds. The number of nitrogens with zero attached hydrogens (tertiary/aromatic N) is 2. The fourth-order valence-corrected chi connectivity index (χ4v) is 1.95. The summed E-state index contributed by atoms with van der Waals surface area (Å²) in [5.74, 6) is 1.11. The maximum Gasteiger partial charge on any atom is 0.128 e. The Bertz CT molecular complexity index is 328. The lowest BCUT2D eigenvalue weighted by molar-refractivity contribution is 0.746. The molecule has 0 radical (unpaired) electrons. The van der Waals surface area contributed by atoms with Gasteiger partial charge in [0.25, 0.3) is 0 Å². The smallest absolute Gasteiger partial charge is 0.128 e. The molecule has 3 heteroatoms. The highest BCUT2D eigenvalue weighted by Crippen LogP contribution is 2.30. The van der Waals surface area contributed by atoms with Gasteiger partial charge in [0.2, 0.25) is 0 Å². The molecule has 0 spiro atoms. The first-order chi connectivity index (χ1) is 7.72. The van der Waals surface area contributed by atoms with Crippen LogP contribution in [0.4, 0.5) is 5.82 Å². The van der Waals surface area contributed by atoms with Crippen molar-refractivity contribution in [3.05, 3.63) is 23.9 Å². The van der Waals surface area contributed by atoms with E-state index in [-0.39, 0.29) is 6.04 Å². The van der Waals surface area contributed by atoms with Gasteiger partial charge in [-0.25, -0.2) is 4.98 Å². The van der Waals surface area contributed by atoms with E-state index in [2.05, 4.69) is 28.9 Å². The third-order valence-electron chi connectivity index (χ3n) is 3.04. The Morgan fingerprint density at radius 2 is 2.25 bits per heavy atom. The number of hydrogen-bond acceptors (Lipinski definition) is 3. The monoisotopic (exact) mass is 219 g/mol. The standard InChI is InChI=1S/C13H21N3/c1-3-8-16(12-5-6-12)13-7-4-11(9-15-13)10(2)14/h4,7,9-10,12H,3,5-6,8,14H2,1-2H3/t10-/m0/s1. The second-order valence-electron chi connectivity index (χ2n) is 4.66. The van der Waals surface area contributed by atoms with E-state index in [1.54, 1.807) is 0 Å². The molecule has 2 N–H and O–H groups in total. The first-order valence-corrected chi connectivity index (χ1v) is 6.20. The van der Waals surface area contributed by atoms with Crippen molar-refractivity contribution in [2.75, 3.05) is 11.4 Å². The summed E-state index contributed by atoms with van der Waals surface area (Å²) in [5.41, 5.74) is 6.92. The summed E-state index contributed by atoms with van der Waals surface area (Å²) in [5, 5.41) is 0. The van der Waals surface area contributed by atoms with E-state index < -0.39 is 0 Å². The molecule has 1 fully saturated rings. The summed E-state index contributed by atoms with van der Waals surface area (Å²) in [6, 6.07) is 5.00. The maximum absolute atomic E-state index is 5.82. The van der Waals surface area contributed by atoms with Crippen LogP contribution in [0.2, 0.25) is 0 Å². The Labute approximate surface area is 97.7 Å². The molecule has 0 aromatic carbocycles. The number of anilines is 1. The molecule has 3 nitrogen and oxygen atoms in total. The molecular formula is C13H21N3. The molecule has 1 aliphatic rings. The second-order valence-corrected chi connectivity index (χ2v) is 4.66. The normalized spacial score (nSPS) is 17.2. The van der Waals surface area contributed by atoms with E-state index in [1.165, 1.54) is 19.3 Å². The largest absolute Gasteiger partial charge is 0.354 e. The molecule has 88 valence electrons. The lowest BCUT2D eigenvalue weighted by atomic mass is 10.1. The minimum absolute atomic E-state index is 0.0714. The quantitative estimate of drug-likeness (QED) is 0.827. The van der Waals surface area contributed by atoms with Crippen LogP contribution in [0.25, 0.3) is 0 Å². The summed E-state index contributed by atoms with van der Waals surface area (Å²) in [6.45, 7) is 5.31. The molecule has 1 aromatic heterocycles. The van der Waals surface area contributed by atoms with Gasteiger partial charge in [0, 0.05) is 24.8 Å². The predicted molar refractivity (Wildman–Crippen MR) is 67.5 cm³/mol. The minimum atomic E-state index is 0.0714. The Morgan fingerprint density at radius 3 is 2.69 bits per heavy atom.